The van der Waals surface area contributed by atoms with Crippen LogP contribution in [0.15, 0.2) is 16.3 Å². The number of nitrogens with one attached hydrogen (secondary N) is 1. The van der Waals surface area contributed by atoms with Crippen LogP contribution in [-0.2, 0) is 11.2 Å². The zero-order chi connectivity index (χ0) is 17.1. The summed E-state index contributed by atoms with van der Waals surface area (Å²) in [5, 5.41) is 3.92. The van der Waals surface area contributed by atoms with Crippen LogP contribution in [0.5, 0.6) is 11.5 Å². The van der Waals surface area contributed by atoms with Crippen LogP contribution >= 0.6 is 34.7 Å². The third kappa shape index (κ3) is 3.96. The standard InChI is InChI=1S/C16H17ClN2O3S2/c1-9-15(23-2)24-16(18-9)19-13(20)8-10-6-11(17)14-12(7-10)21-4-3-5-22-14/h6-7H,3-5,8H2,1-2H3,(H,18,19,20). The lowest BCUT2D eigenvalue weighted by Crippen LogP contribution is -2.14. The number of carbonyl (C=O) groups excluding carboxylic acids is 1. The van der Waals surface area contributed by atoms with Crippen molar-refractivity contribution in [2.45, 2.75) is 24.0 Å². The third-order valence-electron chi connectivity index (χ3n) is 3.41. The number of hydrogen-bond donors (Lipinski definition) is 1. The van der Waals surface area contributed by atoms with Crippen LogP contribution in [0.2, 0.25) is 5.02 Å². The van der Waals surface area contributed by atoms with Crippen LogP contribution in [0.4, 0.5) is 5.13 Å². The van der Waals surface area contributed by atoms with E-state index >= 15 is 0 Å². The smallest absolute Gasteiger partial charge is 0.230 e. The molecule has 1 aliphatic rings. The van der Waals surface area contributed by atoms with Crippen molar-refractivity contribution in [3.63, 3.8) is 0 Å². The van der Waals surface area contributed by atoms with Gasteiger partial charge in [0.1, 0.15) is 0 Å². The number of ether oxygens (including phenoxy) is 2. The number of carbonyl (C=O) groups is 1. The van der Waals surface area contributed by atoms with Gasteiger partial charge in [0.2, 0.25) is 5.91 Å². The topological polar surface area (TPSA) is 60.5 Å². The minimum atomic E-state index is -0.137. The molecule has 8 heteroatoms. The fourth-order valence-electron chi connectivity index (χ4n) is 2.36. The van der Waals surface area contributed by atoms with Gasteiger partial charge < -0.3 is 14.8 Å². The molecule has 3 rings (SSSR count). The molecule has 1 aliphatic heterocycles. The Morgan fingerprint density at radius 2 is 2.21 bits per heavy atom. The van der Waals surface area contributed by atoms with E-state index < -0.39 is 0 Å². The number of thioether (sulfide) groups is 1. The second kappa shape index (κ2) is 7.63. The molecule has 1 N–H and O–H groups in total. The first-order chi connectivity index (χ1) is 11.6. The first kappa shape index (κ1) is 17.4. The summed E-state index contributed by atoms with van der Waals surface area (Å²) in [5.41, 5.74) is 1.71. The molecule has 5 nitrogen and oxygen atoms in total. The lowest BCUT2D eigenvalue weighted by molar-refractivity contribution is -0.115. The number of halogens is 1. The van der Waals surface area contributed by atoms with Gasteiger partial charge in [-0.15, -0.1) is 11.8 Å². The second-order valence-electron chi connectivity index (χ2n) is 5.28. The zero-order valence-corrected chi connectivity index (χ0v) is 15.7. The number of amides is 1. The Morgan fingerprint density at radius 1 is 1.42 bits per heavy atom. The van der Waals surface area contributed by atoms with Gasteiger partial charge in [-0.2, -0.15) is 0 Å². The number of benzene rings is 1. The number of aryl methyl sites for hydroxylation is 1. The normalized spacial score (nSPS) is 13.5. The molecule has 24 heavy (non-hydrogen) atoms. The lowest BCUT2D eigenvalue weighted by atomic mass is 10.1. The lowest BCUT2D eigenvalue weighted by Gasteiger charge is -2.11. The summed E-state index contributed by atoms with van der Waals surface area (Å²) in [6.45, 7) is 3.09. The third-order valence-corrected chi connectivity index (χ3v) is 5.98. The summed E-state index contributed by atoms with van der Waals surface area (Å²) in [6.07, 6.45) is 3.00. The van der Waals surface area contributed by atoms with E-state index in [1.54, 1.807) is 17.8 Å². The van der Waals surface area contributed by atoms with Crippen molar-refractivity contribution in [3.05, 3.63) is 28.4 Å². The van der Waals surface area contributed by atoms with Gasteiger partial charge >= 0.3 is 0 Å². The van der Waals surface area contributed by atoms with E-state index in [2.05, 4.69) is 10.3 Å². The fraction of sp³-hybridized carbons (Fsp3) is 0.375. The quantitative estimate of drug-likeness (QED) is 0.801. The van der Waals surface area contributed by atoms with Crippen LogP contribution in [0.1, 0.15) is 17.7 Å². The fourth-order valence-corrected chi connectivity index (χ4v) is 4.28. The molecule has 128 valence electrons. The SMILES string of the molecule is CSc1sc(NC(=O)Cc2cc(Cl)c3c(c2)OCCCO3)nc1C. The van der Waals surface area contributed by atoms with Gasteiger partial charge in [-0.3, -0.25) is 4.79 Å². The molecule has 0 saturated carbocycles. The highest BCUT2D eigenvalue weighted by Crippen LogP contribution is 2.38. The first-order valence-corrected chi connectivity index (χ1v) is 9.88. The highest BCUT2D eigenvalue weighted by molar-refractivity contribution is 8.00. The van der Waals surface area contributed by atoms with Crippen molar-refractivity contribution >= 4 is 45.7 Å². The van der Waals surface area contributed by atoms with Gasteiger partial charge in [0.05, 0.1) is 34.6 Å². The maximum atomic E-state index is 12.3. The molecular weight excluding hydrogens is 368 g/mol. The molecule has 0 radical (unpaired) electrons. The number of anilines is 1. The Morgan fingerprint density at radius 3 is 2.96 bits per heavy atom. The van der Waals surface area contributed by atoms with Crippen LogP contribution < -0.4 is 14.8 Å². The van der Waals surface area contributed by atoms with Gasteiger partial charge in [-0.25, -0.2) is 4.98 Å². The number of thiazole rings is 1. The molecule has 1 amide bonds. The summed E-state index contributed by atoms with van der Waals surface area (Å²) in [6, 6.07) is 3.56. The summed E-state index contributed by atoms with van der Waals surface area (Å²) in [5.74, 6) is 1.01. The molecular formula is C16H17ClN2O3S2. The summed E-state index contributed by atoms with van der Waals surface area (Å²) in [4.78, 5) is 16.6. The van der Waals surface area contributed by atoms with E-state index in [1.165, 1.54) is 11.3 Å². The Kier molecular flexibility index (Phi) is 5.53. The number of rotatable bonds is 4. The molecule has 0 spiro atoms. The van der Waals surface area contributed by atoms with E-state index in [4.69, 9.17) is 21.1 Å². The molecule has 0 fully saturated rings. The Balaban J connectivity index is 1.72. The van der Waals surface area contributed by atoms with E-state index in [1.807, 2.05) is 19.2 Å². The van der Waals surface area contributed by atoms with Crippen LogP contribution in [0.3, 0.4) is 0 Å². The molecule has 0 atom stereocenters. The number of nitrogens with zero attached hydrogens (tertiary/aromatic N) is 1. The van der Waals surface area contributed by atoms with Gasteiger partial charge in [0, 0.05) is 6.42 Å². The van der Waals surface area contributed by atoms with Gasteiger partial charge in [0.25, 0.3) is 0 Å². The predicted octanol–water partition coefficient (Wildman–Crippen LogP) is 4.17. The molecule has 0 unspecified atom stereocenters. The van der Waals surface area contributed by atoms with Crippen molar-refractivity contribution in [1.82, 2.24) is 4.98 Å². The van der Waals surface area contributed by atoms with Crippen molar-refractivity contribution < 1.29 is 14.3 Å². The molecule has 0 aliphatic carbocycles. The molecule has 1 aromatic heterocycles. The number of aromatic nitrogens is 1. The van der Waals surface area contributed by atoms with Crippen molar-refractivity contribution in [3.8, 4) is 11.5 Å². The van der Waals surface area contributed by atoms with Crippen LogP contribution in [0, 0.1) is 6.92 Å². The van der Waals surface area contributed by atoms with Crippen LogP contribution in [-0.4, -0.2) is 30.4 Å². The Labute approximate surface area is 153 Å². The Bertz CT molecular complexity index is 764. The second-order valence-corrected chi connectivity index (χ2v) is 7.76. The largest absolute Gasteiger partial charge is 0.489 e. The van der Waals surface area contributed by atoms with Crippen molar-refractivity contribution in [2.75, 3.05) is 24.8 Å². The van der Waals surface area contributed by atoms with E-state index in [0.29, 0.717) is 34.9 Å². The highest BCUT2D eigenvalue weighted by Gasteiger charge is 2.17. The summed E-state index contributed by atoms with van der Waals surface area (Å²) in [7, 11) is 0. The summed E-state index contributed by atoms with van der Waals surface area (Å²) < 4.78 is 12.3. The van der Waals surface area contributed by atoms with Crippen molar-refractivity contribution in [2.24, 2.45) is 0 Å². The van der Waals surface area contributed by atoms with Gasteiger partial charge in [0.15, 0.2) is 16.6 Å². The Hall–Kier alpha value is -1.44. The maximum absolute atomic E-state index is 12.3. The van der Waals surface area contributed by atoms with E-state index in [-0.39, 0.29) is 12.3 Å². The number of hydrogen-bond acceptors (Lipinski definition) is 6. The molecule has 0 saturated heterocycles. The first-order valence-electron chi connectivity index (χ1n) is 7.46. The summed E-state index contributed by atoms with van der Waals surface area (Å²) >= 11 is 9.36. The highest BCUT2D eigenvalue weighted by atomic mass is 35.5. The van der Waals surface area contributed by atoms with Crippen LogP contribution in [0.25, 0.3) is 0 Å². The monoisotopic (exact) mass is 384 g/mol. The minimum Gasteiger partial charge on any atom is -0.489 e. The molecule has 2 heterocycles. The van der Waals surface area contributed by atoms with Gasteiger partial charge in [-0.05, 0) is 30.9 Å². The van der Waals surface area contributed by atoms with Crippen molar-refractivity contribution in [1.29, 1.82) is 0 Å². The molecule has 1 aromatic carbocycles. The van der Waals surface area contributed by atoms with Gasteiger partial charge in [-0.1, -0.05) is 22.9 Å². The average molecular weight is 385 g/mol. The van der Waals surface area contributed by atoms with E-state index in [0.717, 1.165) is 21.9 Å². The molecule has 0 bridgehead atoms. The minimum absolute atomic E-state index is 0.137. The average Bonchev–Trinajstić information content (AvgIpc) is 2.73. The zero-order valence-electron chi connectivity index (χ0n) is 13.3. The predicted molar refractivity (Wildman–Crippen MR) is 98.0 cm³/mol. The maximum Gasteiger partial charge on any atom is 0.230 e. The van der Waals surface area contributed by atoms with E-state index in [9.17, 15) is 4.79 Å². The number of fused-ring (bicyclic) bond motifs is 1. The molecule has 2 aromatic rings.